The van der Waals surface area contributed by atoms with Crippen LogP contribution in [0.5, 0.6) is 0 Å². The number of carbonyl (C=O) groups is 1. The van der Waals surface area contributed by atoms with E-state index in [1.807, 2.05) is 53.4 Å². The molecule has 4 rings (SSSR count). The largest absolute Gasteiger partial charge is 0.368 e. The van der Waals surface area contributed by atoms with Crippen LogP contribution in [-0.2, 0) is 11.2 Å². The van der Waals surface area contributed by atoms with Gasteiger partial charge in [-0.3, -0.25) is 4.79 Å². The molecule has 1 saturated heterocycles. The van der Waals surface area contributed by atoms with E-state index in [9.17, 15) is 4.79 Å². The molecule has 2 aromatic carbocycles. The van der Waals surface area contributed by atoms with Crippen molar-refractivity contribution in [3.05, 3.63) is 59.2 Å². The molecule has 128 valence electrons. The van der Waals surface area contributed by atoms with Crippen molar-refractivity contribution in [2.45, 2.75) is 6.42 Å². The van der Waals surface area contributed by atoms with Gasteiger partial charge in [-0.2, -0.15) is 0 Å². The number of piperazine rings is 1. The maximum atomic E-state index is 12.6. The minimum absolute atomic E-state index is 0.0924. The van der Waals surface area contributed by atoms with Gasteiger partial charge in [-0.25, -0.2) is 0 Å². The summed E-state index contributed by atoms with van der Waals surface area (Å²) in [5, 5.41) is 5.70. The fourth-order valence-corrected chi connectivity index (χ4v) is 3.31. The summed E-state index contributed by atoms with van der Waals surface area (Å²) in [5.41, 5.74) is 2.57. The third kappa shape index (κ3) is 3.33. The van der Waals surface area contributed by atoms with E-state index in [4.69, 9.17) is 16.1 Å². The van der Waals surface area contributed by atoms with Gasteiger partial charge in [0, 0.05) is 42.3 Å². The molecule has 1 fully saturated rings. The molecule has 0 radical (unpaired) electrons. The van der Waals surface area contributed by atoms with Crippen molar-refractivity contribution in [2.24, 2.45) is 0 Å². The van der Waals surface area contributed by atoms with Gasteiger partial charge in [0.05, 0.1) is 6.42 Å². The second-order valence-electron chi connectivity index (χ2n) is 6.15. The molecule has 1 aromatic heterocycles. The minimum Gasteiger partial charge on any atom is -0.368 e. The Bertz CT molecular complexity index is 883. The molecule has 1 amide bonds. The van der Waals surface area contributed by atoms with Crippen LogP contribution in [0.1, 0.15) is 5.69 Å². The van der Waals surface area contributed by atoms with Crippen LogP contribution in [0.3, 0.4) is 0 Å². The minimum atomic E-state index is 0.0924. The first-order valence-corrected chi connectivity index (χ1v) is 8.70. The third-order valence-corrected chi connectivity index (χ3v) is 4.85. The molecule has 25 heavy (non-hydrogen) atoms. The number of aromatic nitrogens is 1. The Morgan fingerprint density at radius 2 is 1.76 bits per heavy atom. The number of nitrogens with zero attached hydrogens (tertiary/aromatic N) is 3. The number of hydrogen-bond donors (Lipinski definition) is 0. The van der Waals surface area contributed by atoms with E-state index in [2.05, 4.69) is 10.1 Å². The zero-order valence-corrected chi connectivity index (χ0v) is 14.4. The predicted octanol–water partition coefficient (Wildman–Crippen LogP) is 3.37. The molecule has 6 heteroatoms. The Labute approximate surface area is 150 Å². The summed E-state index contributed by atoms with van der Waals surface area (Å²) in [6.07, 6.45) is 0.276. The number of benzene rings is 2. The van der Waals surface area contributed by atoms with Gasteiger partial charge < -0.3 is 14.3 Å². The fourth-order valence-electron chi connectivity index (χ4n) is 3.19. The molecule has 0 unspecified atom stereocenters. The molecule has 1 aliphatic heterocycles. The van der Waals surface area contributed by atoms with Gasteiger partial charge >= 0.3 is 0 Å². The Morgan fingerprint density at radius 1 is 1.04 bits per heavy atom. The Kier molecular flexibility index (Phi) is 4.32. The summed E-state index contributed by atoms with van der Waals surface area (Å²) in [6.45, 7) is 3.04. The quantitative estimate of drug-likeness (QED) is 0.722. The number of hydrogen-bond acceptors (Lipinski definition) is 4. The first-order chi connectivity index (χ1) is 12.2. The molecule has 0 spiro atoms. The molecule has 0 bridgehead atoms. The van der Waals surface area contributed by atoms with Gasteiger partial charge in [-0.05, 0) is 36.4 Å². The van der Waals surface area contributed by atoms with E-state index in [0.29, 0.717) is 18.8 Å². The predicted molar refractivity (Wildman–Crippen MR) is 98.0 cm³/mol. The van der Waals surface area contributed by atoms with Crippen LogP contribution >= 0.6 is 11.6 Å². The normalized spacial score (nSPS) is 14.9. The van der Waals surface area contributed by atoms with E-state index < -0.39 is 0 Å². The summed E-state index contributed by atoms with van der Waals surface area (Å²) >= 11 is 5.94. The molecule has 0 aliphatic carbocycles. The fraction of sp³-hybridized carbons (Fsp3) is 0.263. The topological polar surface area (TPSA) is 49.6 Å². The first-order valence-electron chi connectivity index (χ1n) is 8.32. The van der Waals surface area contributed by atoms with E-state index >= 15 is 0 Å². The average molecular weight is 356 g/mol. The highest BCUT2D eigenvalue weighted by Crippen LogP contribution is 2.21. The molecule has 3 aromatic rings. The molecular weight excluding hydrogens is 338 g/mol. The summed E-state index contributed by atoms with van der Waals surface area (Å²) in [6, 6.07) is 15.4. The van der Waals surface area contributed by atoms with Crippen LogP contribution in [0.15, 0.2) is 53.1 Å². The van der Waals surface area contributed by atoms with Crippen molar-refractivity contribution in [1.82, 2.24) is 10.1 Å². The second kappa shape index (κ2) is 6.76. The Morgan fingerprint density at radius 3 is 2.52 bits per heavy atom. The van der Waals surface area contributed by atoms with Crippen LogP contribution in [0, 0.1) is 0 Å². The van der Waals surface area contributed by atoms with E-state index in [1.165, 1.54) is 0 Å². The number of anilines is 1. The highest BCUT2D eigenvalue weighted by Gasteiger charge is 2.23. The number of halogens is 1. The zero-order valence-electron chi connectivity index (χ0n) is 13.7. The van der Waals surface area contributed by atoms with Gasteiger partial charge in [-0.1, -0.05) is 28.9 Å². The maximum absolute atomic E-state index is 12.6. The molecular formula is C19H18ClN3O2. The van der Waals surface area contributed by atoms with Crippen LogP contribution in [0.25, 0.3) is 11.0 Å². The van der Waals surface area contributed by atoms with Crippen molar-refractivity contribution in [3.8, 4) is 0 Å². The van der Waals surface area contributed by atoms with Crippen molar-refractivity contribution in [1.29, 1.82) is 0 Å². The summed E-state index contributed by atoms with van der Waals surface area (Å²) < 4.78 is 5.28. The van der Waals surface area contributed by atoms with Crippen LogP contribution < -0.4 is 4.90 Å². The standard InChI is InChI=1S/C19H18ClN3O2/c20-14-5-7-15(8-6-14)22-9-11-23(12-10-22)19(24)13-17-16-3-1-2-4-18(16)25-21-17/h1-8H,9-13H2. The molecule has 1 aliphatic rings. The summed E-state index contributed by atoms with van der Waals surface area (Å²) in [4.78, 5) is 16.8. The van der Waals surface area contributed by atoms with Gasteiger partial charge in [0.25, 0.3) is 0 Å². The molecule has 0 atom stereocenters. The molecule has 2 heterocycles. The lowest BCUT2D eigenvalue weighted by atomic mass is 10.1. The highest BCUT2D eigenvalue weighted by molar-refractivity contribution is 6.30. The smallest absolute Gasteiger partial charge is 0.228 e. The van der Waals surface area contributed by atoms with E-state index in [0.717, 1.165) is 34.8 Å². The Balaban J connectivity index is 1.39. The molecule has 5 nitrogen and oxygen atoms in total. The van der Waals surface area contributed by atoms with E-state index in [-0.39, 0.29) is 12.3 Å². The summed E-state index contributed by atoms with van der Waals surface area (Å²) in [7, 11) is 0. The first kappa shape index (κ1) is 16.0. The number of carbonyl (C=O) groups excluding carboxylic acids is 1. The summed E-state index contributed by atoms with van der Waals surface area (Å²) in [5.74, 6) is 0.0924. The number of rotatable bonds is 3. The van der Waals surface area contributed by atoms with Gasteiger partial charge in [0.15, 0.2) is 5.58 Å². The molecule has 0 saturated carbocycles. The van der Waals surface area contributed by atoms with Crippen LogP contribution in [0.2, 0.25) is 5.02 Å². The SMILES string of the molecule is O=C(Cc1noc2ccccc12)N1CCN(c2ccc(Cl)cc2)CC1. The van der Waals surface area contributed by atoms with Crippen molar-refractivity contribution < 1.29 is 9.32 Å². The van der Waals surface area contributed by atoms with Crippen LogP contribution in [-0.4, -0.2) is 42.1 Å². The van der Waals surface area contributed by atoms with Crippen molar-refractivity contribution >= 4 is 34.2 Å². The van der Waals surface area contributed by atoms with Gasteiger partial charge in [0.2, 0.25) is 5.91 Å². The Hall–Kier alpha value is -2.53. The number of para-hydroxylation sites is 1. The maximum Gasteiger partial charge on any atom is 0.228 e. The number of fused-ring (bicyclic) bond motifs is 1. The highest BCUT2D eigenvalue weighted by atomic mass is 35.5. The van der Waals surface area contributed by atoms with Crippen molar-refractivity contribution in [3.63, 3.8) is 0 Å². The average Bonchev–Trinajstić information content (AvgIpc) is 3.06. The lowest BCUT2D eigenvalue weighted by Gasteiger charge is -2.36. The van der Waals surface area contributed by atoms with Gasteiger partial charge in [-0.15, -0.1) is 0 Å². The van der Waals surface area contributed by atoms with E-state index in [1.54, 1.807) is 0 Å². The lowest BCUT2D eigenvalue weighted by molar-refractivity contribution is -0.130. The third-order valence-electron chi connectivity index (χ3n) is 4.59. The number of amides is 1. The second-order valence-corrected chi connectivity index (χ2v) is 6.58. The molecule has 0 N–H and O–H groups in total. The monoisotopic (exact) mass is 355 g/mol. The van der Waals surface area contributed by atoms with Crippen LogP contribution in [0.4, 0.5) is 5.69 Å². The van der Waals surface area contributed by atoms with Gasteiger partial charge in [0.1, 0.15) is 5.69 Å². The zero-order chi connectivity index (χ0) is 17.2. The lowest BCUT2D eigenvalue weighted by Crippen LogP contribution is -2.49. The van der Waals surface area contributed by atoms with Crippen molar-refractivity contribution in [2.75, 3.05) is 31.1 Å².